The number of ether oxygens (including phenoxy) is 2. The molecule has 1 aromatic carbocycles. The number of carboxylic acids is 1. The van der Waals surface area contributed by atoms with Crippen molar-refractivity contribution in [1.29, 1.82) is 0 Å². The summed E-state index contributed by atoms with van der Waals surface area (Å²) in [5.74, 6) is 0.0832. The zero-order valence-corrected chi connectivity index (χ0v) is 26.7. The molecule has 1 saturated heterocycles. The molecule has 0 radical (unpaired) electrons. The standard InChI is InChI=1S/C33H43N3O6S/c1-33(2,3)42-32(40)35-17-15-24(16-18-35)41-23-13-11-22(12-14-23)29-28(21-9-7-6-8-10-21)30-25(19-26(43-30)31(38)39)36(29)20-27(37)34(4)5/h11-14,19,21,24H,6-10,15-18,20H2,1-5H3,(H,38,39). The van der Waals surface area contributed by atoms with E-state index in [1.807, 2.05) is 49.6 Å². The summed E-state index contributed by atoms with van der Waals surface area (Å²) < 4.78 is 14.8. The monoisotopic (exact) mass is 609 g/mol. The summed E-state index contributed by atoms with van der Waals surface area (Å²) in [6, 6.07) is 9.77. The summed E-state index contributed by atoms with van der Waals surface area (Å²) in [5, 5.41) is 9.79. The number of rotatable bonds is 7. The Balaban J connectivity index is 1.42. The second-order valence-electron chi connectivity index (χ2n) is 12.9. The van der Waals surface area contributed by atoms with Gasteiger partial charge in [-0.15, -0.1) is 11.3 Å². The smallest absolute Gasteiger partial charge is 0.410 e. The van der Waals surface area contributed by atoms with Crippen LogP contribution in [-0.4, -0.2) is 76.3 Å². The number of fused-ring (bicyclic) bond motifs is 1. The van der Waals surface area contributed by atoms with Crippen molar-refractivity contribution in [2.45, 2.75) is 89.9 Å². The number of aromatic nitrogens is 1. The molecule has 3 heterocycles. The van der Waals surface area contributed by atoms with Gasteiger partial charge in [0.1, 0.15) is 28.9 Å². The van der Waals surface area contributed by atoms with E-state index < -0.39 is 11.6 Å². The first kappa shape index (κ1) is 30.9. The van der Waals surface area contributed by atoms with Gasteiger partial charge in [0.15, 0.2) is 0 Å². The fourth-order valence-electron chi connectivity index (χ4n) is 6.14. The average Bonchev–Trinajstić information content (AvgIpc) is 3.52. The van der Waals surface area contributed by atoms with Gasteiger partial charge in [-0.2, -0.15) is 0 Å². The third-order valence-corrected chi connectivity index (χ3v) is 9.46. The molecule has 0 spiro atoms. The summed E-state index contributed by atoms with van der Waals surface area (Å²) in [5.41, 5.74) is 3.44. The van der Waals surface area contributed by atoms with E-state index in [9.17, 15) is 19.5 Å². The lowest BCUT2D eigenvalue weighted by molar-refractivity contribution is -0.129. The predicted molar refractivity (Wildman–Crippen MR) is 168 cm³/mol. The Morgan fingerprint density at radius 1 is 1.00 bits per heavy atom. The first-order valence-corrected chi connectivity index (χ1v) is 16.1. The van der Waals surface area contributed by atoms with Crippen molar-refractivity contribution in [2.24, 2.45) is 0 Å². The molecule has 1 saturated carbocycles. The van der Waals surface area contributed by atoms with Gasteiger partial charge in [-0.1, -0.05) is 19.3 Å². The van der Waals surface area contributed by atoms with Crippen molar-refractivity contribution in [3.05, 3.63) is 40.8 Å². The van der Waals surface area contributed by atoms with Crippen molar-refractivity contribution in [2.75, 3.05) is 27.2 Å². The molecule has 2 fully saturated rings. The molecule has 5 rings (SSSR count). The predicted octanol–water partition coefficient (Wildman–Crippen LogP) is 6.98. The number of amides is 2. The Kier molecular flexibility index (Phi) is 9.06. The van der Waals surface area contributed by atoms with Gasteiger partial charge in [-0.05, 0) is 81.0 Å². The molecule has 2 amide bonds. The molecule has 2 aromatic heterocycles. The van der Waals surface area contributed by atoms with Crippen LogP contribution in [0.5, 0.6) is 5.75 Å². The van der Waals surface area contributed by atoms with Gasteiger partial charge in [-0.3, -0.25) is 4.79 Å². The van der Waals surface area contributed by atoms with E-state index in [0.717, 1.165) is 65.7 Å². The van der Waals surface area contributed by atoms with E-state index in [4.69, 9.17) is 9.47 Å². The zero-order valence-electron chi connectivity index (χ0n) is 25.9. The van der Waals surface area contributed by atoms with Crippen molar-refractivity contribution >= 4 is 39.5 Å². The fourth-order valence-corrected chi connectivity index (χ4v) is 7.27. The van der Waals surface area contributed by atoms with Crippen LogP contribution in [0.1, 0.15) is 86.9 Å². The molecule has 2 aliphatic rings. The Labute approximate surface area is 257 Å². The van der Waals surface area contributed by atoms with Gasteiger partial charge in [0.25, 0.3) is 0 Å². The van der Waals surface area contributed by atoms with Gasteiger partial charge in [0, 0.05) is 40.0 Å². The minimum absolute atomic E-state index is 0.00342. The lowest BCUT2D eigenvalue weighted by Gasteiger charge is -2.33. The number of nitrogens with zero attached hydrogens (tertiary/aromatic N) is 3. The minimum atomic E-state index is -0.943. The lowest BCUT2D eigenvalue weighted by Crippen LogP contribution is -2.44. The molecular formula is C33H43N3O6S. The largest absolute Gasteiger partial charge is 0.490 e. The van der Waals surface area contributed by atoms with Gasteiger partial charge >= 0.3 is 12.1 Å². The SMILES string of the molecule is CN(C)C(=O)Cn1c(-c2ccc(OC3CCN(C(=O)OC(C)(C)C)CC3)cc2)c(C2CCCCC2)c2sc(C(=O)O)cc21. The van der Waals surface area contributed by atoms with Crippen molar-refractivity contribution < 1.29 is 29.0 Å². The lowest BCUT2D eigenvalue weighted by atomic mass is 9.83. The number of likely N-dealkylation sites (tertiary alicyclic amines) is 1. The molecule has 0 atom stereocenters. The number of aromatic carboxylic acids is 1. The molecule has 0 unspecified atom stereocenters. The molecule has 1 aliphatic carbocycles. The minimum Gasteiger partial charge on any atom is -0.490 e. The number of hydrogen-bond acceptors (Lipinski definition) is 6. The summed E-state index contributed by atoms with van der Waals surface area (Å²) >= 11 is 1.32. The van der Waals surface area contributed by atoms with E-state index in [-0.39, 0.29) is 24.6 Å². The molecule has 9 nitrogen and oxygen atoms in total. The van der Waals surface area contributed by atoms with Gasteiger partial charge < -0.3 is 28.9 Å². The average molecular weight is 610 g/mol. The summed E-state index contributed by atoms with van der Waals surface area (Å²) in [6.45, 7) is 6.92. The number of thiophene rings is 1. The number of hydrogen-bond donors (Lipinski definition) is 1. The van der Waals surface area contributed by atoms with Crippen molar-refractivity contribution in [1.82, 2.24) is 14.4 Å². The first-order chi connectivity index (χ1) is 20.4. The maximum Gasteiger partial charge on any atom is 0.410 e. The number of benzene rings is 1. The molecule has 1 N–H and O–H groups in total. The Bertz CT molecular complexity index is 1470. The fraction of sp³-hybridized carbons (Fsp3) is 0.545. The normalized spacial score (nSPS) is 16.8. The van der Waals surface area contributed by atoms with Crippen molar-refractivity contribution in [3.63, 3.8) is 0 Å². The third-order valence-electron chi connectivity index (χ3n) is 8.31. The maximum absolute atomic E-state index is 13.0. The summed E-state index contributed by atoms with van der Waals surface area (Å²) in [4.78, 5) is 41.0. The highest BCUT2D eigenvalue weighted by atomic mass is 32.1. The van der Waals surface area contributed by atoms with Crippen LogP contribution in [0.2, 0.25) is 0 Å². The van der Waals surface area contributed by atoms with Gasteiger partial charge in [0.2, 0.25) is 5.91 Å². The van der Waals surface area contributed by atoms with Crippen LogP contribution in [0.3, 0.4) is 0 Å². The molecule has 232 valence electrons. The first-order valence-electron chi connectivity index (χ1n) is 15.3. The van der Waals surface area contributed by atoms with Crippen LogP contribution in [-0.2, 0) is 16.1 Å². The van der Waals surface area contributed by atoms with E-state index in [0.29, 0.717) is 23.9 Å². The zero-order chi connectivity index (χ0) is 30.9. The highest BCUT2D eigenvalue weighted by Gasteiger charge is 2.31. The van der Waals surface area contributed by atoms with Crippen LogP contribution < -0.4 is 4.74 Å². The number of likely N-dealkylation sites (N-methyl/N-ethyl adjacent to an activating group) is 1. The molecule has 1 aliphatic heterocycles. The van der Waals surface area contributed by atoms with Crippen LogP contribution in [0.15, 0.2) is 30.3 Å². The molecular weight excluding hydrogens is 566 g/mol. The number of carbonyl (C=O) groups excluding carboxylic acids is 2. The Morgan fingerprint density at radius 2 is 1.65 bits per heavy atom. The highest BCUT2D eigenvalue weighted by Crippen LogP contribution is 2.47. The molecule has 3 aromatic rings. The van der Waals surface area contributed by atoms with Crippen LogP contribution in [0, 0.1) is 0 Å². The van der Waals surface area contributed by atoms with E-state index in [1.165, 1.54) is 23.3 Å². The third kappa shape index (κ3) is 7.00. The quantitative estimate of drug-likeness (QED) is 0.310. The molecule has 43 heavy (non-hydrogen) atoms. The number of piperidine rings is 1. The van der Waals surface area contributed by atoms with Crippen LogP contribution >= 0.6 is 11.3 Å². The van der Waals surface area contributed by atoms with Crippen LogP contribution in [0.25, 0.3) is 21.5 Å². The summed E-state index contributed by atoms with van der Waals surface area (Å²) in [7, 11) is 3.48. The van der Waals surface area contributed by atoms with E-state index >= 15 is 0 Å². The molecule has 0 bridgehead atoms. The van der Waals surface area contributed by atoms with E-state index in [2.05, 4.69) is 0 Å². The number of carbonyl (C=O) groups is 3. The number of carboxylic acid groups (broad SMARTS) is 1. The second-order valence-corrected chi connectivity index (χ2v) is 14.0. The topological polar surface area (TPSA) is 101 Å². The van der Waals surface area contributed by atoms with Crippen LogP contribution in [0.4, 0.5) is 4.79 Å². The van der Waals surface area contributed by atoms with Gasteiger partial charge in [-0.25, -0.2) is 9.59 Å². The Hall–Kier alpha value is -3.53. The highest BCUT2D eigenvalue weighted by molar-refractivity contribution is 7.21. The van der Waals surface area contributed by atoms with Gasteiger partial charge in [0.05, 0.1) is 15.9 Å². The Morgan fingerprint density at radius 3 is 2.23 bits per heavy atom. The summed E-state index contributed by atoms with van der Waals surface area (Å²) in [6.07, 6.45) is 6.78. The second kappa shape index (κ2) is 12.6. The maximum atomic E-state index is 13.0. The van der Waals surface area contributed by atoms with Crippen molar-refractivity contribution in [3.8, 4) is 17.0 Å². The molecule has 10 heteroatoms. The van der Waals surface area contributed by atoms with E-state index in [1.54, 1.807) is 30.0 Å².